The van der Waals surface area contributed by atoms with Crippen molar-refractivity contribution in [1.82, 2.24) is 15.5 Å². The number of nitrogens with zero attached hydrogens (tertiary/aromatic N) is 1. The highest BCUT2D eigenvalue weighted by Crippen LogP contribution is 2.59. The fraction of sp³-hybridized carbons (Fsp3) is 0.741. The minimum Gasteiger partial charge on any atom is -0.351 e. The maximum atomic E-state index is 13.2. The molecule has 1 saturated heterocycles. The minimum atomic E-state index is 0. The Balaban J connectivity index is 0.00000228. The van der Waals surface area contributed by atoms with E-state index in [1.54, 1.807) is 0 Å². The Labute approximate surface area is 210 Å². The molecule has 1 aliphatic heterocycles. The number of amides is 1. The van der Waals surface area contributed by atoms with Crippen molar-refractivity contribution in [2.45, 2.75) is 64.0 Å². The average molecular weight is 493 g/mol. The Morgan fingerprint density at radius 1 is 1.06 bits per heavy atom. The molecule has 0 spiro atoms. The van der Waals surface area contributed by atoms with E-state index in [9.17, 15) is 4.79 Å². The van der Waals surface area contributed by atoms with E-state index in [1.807, 2.05) is 12.1 Å². The van der Waals surface area contributed by atoms with Crippen molar-refractivity contribution in [3.8, 4) is 0 Å². The van der Waals surface area contributed by atoms with Gasteiger partial charge in [0, 0.05) is 32.2 Å². The lowest BCUT2D eigenvalue weighted by Gasteiger charge is -2.56. The SMILES string of the molecule is CNC1[C@@H]2CC[C@H]1CN(Cc1ccc(Cl)c(C(=O)NCC34CC5CC(CC(C5)C3)C4)c1)C2.Cl. The molecule has 33 heavy (non-hydrogen) atoms. The summed E-state index contributed by atoms with van der Waals surface area (Å²) >= 11 is 6.50. The van der Waals surface area contributed by atoms with Crippen LogP contribution in [-0.4, -0.2) is 43.5 Å². The number of carbonyl (C=O) groups is 1. The van der Waals surface area contributed by atoms with Gasteiger partial charge in [0.1, 0.15) is 0 Å². The van der Waals surface area contributed by atoms with E-state index in [0.717, 1.165) is 55.8 Å². The number of rotatable bonds is 6. The summed E-state index contributed by atoms with van der Waals surface area (Å²) in [5, 5.41) is 7.44. The lowest BCUT2D eigenvalue weighted by Crippen LogP contribution is -2.51. The summed E-state index contributed by atoms with van der Waals surface area (Å²) in [6.07, 6.45) is 10.9. The zero-order chi connectivity index (χ0) is 21.9. The number of nitrogens with one attached hydrogen (secondary N) is 2. The van der Waals surface area contributed by atoms with Crippen LogP contribution < -0.4 is 10.6 Å². The first-order chi connectivity index (χ1) is 15.5. The number of halogens is 2. The van der Waals surface area contributed by atoms with Crippen molar-refractivity contribution in [2.24, 2.45) is 35.0 Å². The molecular formula is C27H39Cl2N3O. The topological polar surface area (TPSA) is 44.4 Å². The second kappa shape index (κ2) is 9.33. The van der Waals surface area contributed by atoms with E-state index in [1.165, 1.54) is 56.9 Å². The van der Waals surface area contributed by atoms with Gasteiger partial charge in [-0.25, -0.2) is 0 Å². The molecule has 1 heterocycles. The molecular weight excluding hydrogens is 453 g/mol. The molecule has 4 nitrogen and oxygen atoms in total. The molecule has 0 radical (unpaired) electrons. The van der Waals surface area contributed by atoms with E-state index in [2.05, 4.69) is 28.6 Å². The van der Waals surface area contributed by atoms with Crippen molar-refractivity contribution < 1.29 is 4.79 Å². The third-order valence-corrected chi connectivity index (χ3v) is 10.0. The summed E-state index contributed by atoms with van der Waals surface area (Å²) in [5.41, 5.74) is 2.21. The number of likely N-dealkylation sites (tertiary alicyclic amines) is 1. The molecule has 1 aromatic carbocycles. The van der Waals surface area contributed by atoms with Gasteiger partial charge < -0.3 is 10.6 Å². The zero-order valence-electron chi connectivity index (χ0n) is 19.8. The van der Waals surface area contributed by atoms with Gasteiger partial charge in [0.05, 0.1) is 10.6 Å². The van der Waals surface area contributed by atoms with Crippen LogP contribution >= 0.6 is 24.0 Å². The van der Waals surface area contributed by atoms with Crippen LogP contribution in [-0.2, 0) is 6.54 Å². The zero-order valence-corrected chi connectivity index (χ0v) is 21.4. The highest BCUT2D eigenvalue weighted by molar-refractivity contribution is 6.33. The smallest absolute Gasteiger partial charge is 0.252 e. The number of fused-ring (bicyclic) bond motifs is 2. The molecule has 3 atom stereocenters. The lowest BCUT2D eigenvalue weighted by molar-refractivity contribution is -0.0503. The Bertz CT molecular complexity index is 841. The molecule has 6 heteroatoms. The van der Waals surface area contributed by atoms with Gasteiger partial charge in [0.2, 0.25) is 0 Å². The van der Waals surface area contributed by atoms with E-state index >= 15 is 0 Å². The molecule has 0 aromatic heterocycles. The van der Waals surface area contributed by atoms with Crippen molar-refractivity contribution in [3.05, 3.63) is 34.3 Å². The van der Waals surface area contributed by atoms with E-state index in [0.29, 0.717) is 22.0 Å². The van der Waals surface area contributed by atoms with Crippen LogP contribution in [0.2, 0.25) is 5.02 Å². The van der Waals surface area contributed by atoms with Crippen LogP contribution in [0.1, 0.15) is 67.3 Å². The normalized spacial score (nSPS) is 38.8. The first-order valence-corrected chi connectivity index (χ1v) is 13.3. The molecule has 6 aliphatic rings. The summed E-state index contributed by atoms with van der Waals surface area (Å²) in [4.78, 5) is 15.8. The minimum absolute atomic E-state index is 0. The molecule has 1 aromatic rings. The van der Waals surface area contributed by atoms with Gasteiger partial charge in [-0.05, 0) is 111 Å². The van der Waals surface area contributed by atoms with Crippen molar-refractivity contribution in [1.29, 1.82) is 0 Å². The summed E-state index contributed by atoms with van der Waals surface area (Å²) in [7, 11) is 2.11. The maximum Gasteiger partial charge on any atom is 0.252 e. The molecule has 6 fully saturated rings. The van der Waals surface area contributed by atoms with Gasteiger partial charge in [-0.2, -0.15) is 0 Å². The van der Waals surface area contributed by atoms with Gasteiger partial charge in [-0.3, -0.25) is 9.69 Å². The second-order valence-corrected chi connectivity index (χ2v) is 12.4. The molecule has 2 N–H and O–H groups in total. The summed E-state index contributed by atoms with van der Waals surface area (Å²) < 4.78 is 0. The number of carbonyl (C=O) groups excluding carboxylic acids is 1. The Morgan fingerprint density at radius 2 is 1.67 bits per heavy atom. The van der Waals surface area contributed by atoms with E-state index < -0.39 is 0 Å². The summed E-state index contributed by atoms with van der Waals surface area (Å²) in [6, 6.07) is 6.75. The van der Waals surface area contributed by atoms with E-state index in [-0.39, 0.29) is 18.3 Å². The third-order valence-electron chi connectivity index (χ3n) is 9.71. The Kier molecular flexibility index (Phi) is 6.76. The van der Waals surface area contributed by atoms with E-state index in [4.69, 9.17) is 11.6 Å². The van der Waals surface area contributed by atoms with Gasteiger partial charge in [0.15, 0.2) is 0 Å². The standard InChI is InChI=1S/C27H38ClN3O.ClH/c1-29-25-21-3-4-22(25)15-31(14-21)13-17-2-5-24(28)23(9-17)26(32)30-16-27-10-18-6-19(11-27)8-20(7-18)12-27;/h2,5,9,18-22,25,29H,3-4,6-8,10-16H2,1H3,(H,30,32);1H/t18?,19?,20?,21-,22+,25?,27?;. The Hall–Kier alpha value is -0.810. The van der Waals surface area contributed by atoms with Gasteiger partial charge in [0.25, 0.3) is 5.91 Å². The Morgan fingerprint density at radius 3 is 2.24 bits per heavy atom. The quantitative estimate of drug-likeness (QED) is 0.578. The largest absolute Gasteiger partial charge is 0.351 e. The summed E-state index contributed by atoms with van der Waals surface area (Å²) in [6.45, 7) is 4.04. The summed E-state index contributed by atoms with van der Waals surface area (Å²) in [5.74, 6) is 4.26. The number of hydrogen-bond acceptors (Lipinski definition) is 3. The average Bonchev–Trinajstić information content (AvgIpc) is 3.01. The van der Waals surface area contributed by atoms with Crippen molar-refractivity contribution in [3.63, 3.8) is 0 Å². The maximum absolute atomic E-state index is 13.2. The molecule has 6 bridgehead atoms. The highest BCUT2D eigenvalue weighted by Gasteiger charge is 2.50. The lowest BCUT2D eigenvalue weighted by atomic mass is 9.49. The van der Waals surface area contributed by atoms with Gasteiger partial charge in [-0.15, -0.1) is 12.4 Å². The van der Waals surface area contributed by atoms with Gasteiger partial charge in [-0.1, -0.05) is 17.7 Å². The number of hydrogen-bond donors (Lipinski definition) is 2. The molecule has 5 saturated carbocycles. The molecule has 7 rings (SSSR count). The van der Waals surface area contributed by atoms with Crippen molar-refractivity contribution >= 4 is 29.9 Å². The van der Waals surface area contributed by atoms with Crippen LogP contribution in [0.25, 0.3) is 0 Å². The first-order valence-electron chi connectivity index (χ1n) is 13.0. The monoisotopic (exact) mass is 491 g/mol. The van der Waals surface area contributed by atoms with Crippen LogP contribution in [0.15, 0.2) is 18.2 Å². The third kappa shape index (κ3) is 4.58. The molecule has 1 amide bonds. The molecule has 5 aliphatic carbocycles. The second-order valence-electron chi connectivity index (χ2n) is 12.0. The first kappa shape index (κ1) is 23.9. The predicted octanol–water partition coefficient (Wildman–Crippen LogP) is 5.14. The number of benzene rings is 1. The molecule has 182 valence electrons. The van der Waals surface area contributed by atoms with Crippen molar-refractivity contribution in [2.75, 3.05) is 26.7 Å². The van der Waals surface area contributed by atoms with Crippen LogP contribution in [0.5, 0.6) is 0 Å². The molecule has 1 unspecified atom stereocenters. The van der Waals surface area contributed by atoms with Crippen LogP contribution in [0.3, 0.4) is 0 Å². The number of piperidine rings is 1. The van der Waals surface area contributed by atoms with Crippen LogP contribution in [0, 0.1) is 35.0 Å². The predicted molar refractivity (Wildman–Crippen MR) is 136 cm³/mol. The van der Waals surface area contributed by atoms with Crippen LogP contribution in [0.4, 0.5) is 0 Å². The van der Waals surface area contributed by atoms with Gasteiger partial charge >= 0.3 is 0 Å². The fourth-order valence-electron chi connectivity index (χ4n) is 8.89. The fourth-order valence-corrected chi connectivity index (χ4v) is 9.10. The highest BCUT2D eigenvalue weighted by atomic mass is 35.5.